The quantitative estimate of drug-likeness (QED) is 0.226. The van der Waals surface area contributed by atoms with Crippen LogP contribution in [0.3, 0.4) is 0 Å². The van der Waals surface area contributed by atoms with Gasteiger partial charge in [-0.15, -0.1) is 0 Å². The van der Waals surface area contributed by atoms with E-state index in [1.165, 1.54) is 32.4 Å². The van der Waals surface area contributed by atoms with Gasteiger partial charge in [0, 0.05) is 32.1 Å². The second kappa shape index (κ2) is 15.4. The molecule has 0 aromatic heterocycles. The van der Waals surface area contributed by atoms with Gasteiger partial charge >= 0.3 is 12.1 Å². The van der Waals surface area contributed by atoms with Crippen molar-refractivity contribution < 1.29 is 36.7 Å². The molecule has 0 saturated heterocycles. The monoisotopic (exact) mass is 670 g/mol. The van der Waals surface area contributed by atoms with Crippen molar-refractivity contribution in [2.75, 3.05) is 31.3 Å². The number of benzene rings is 3. The van der Waals surface area contributed by atoms with Crippen LogP contribution in [0.25, 0.3) is 0 Å². The lowest BCUT2D eigenvalue weighted by molar-refractivity contribution is -0.148. The number of anilines is 1. The molecule has 0 heterocycles. The maximum absolute atomic E-state index is 13.4. The summed E-state index contributed by atoms with van der Waals surface area (Å²) in [5.41, 5.74) is -0.0505. The van der Waals surface area contributed by atoms with E-state index >= 15 is 0 Å². The zero-order chi connectivity index (χ0) is 35.0. The summed E-state index contributed by atoms with van der Waals surface area (Å²) in [6.07, 6.45) is 0.301. The minimum atomic E-state index is -3.68. The fraction of sp³-hybridized carbons (Fsp3) is 0.382. The van der Waals surface area contributed by atoms with Crippen molar-refractivity contribution in [1.29, 1.82) is 0 Å². The van der Waals surface area contributed by atoms with Crippen LogP contribution < -0.4 is 20.3 Å². The molecular weight excluding hydrogens is 627 g/mol. The van der Waals surface area contributed by atoms with Crippen molar-refractivity contribution in [2.45, 2.75) is 57.8 Å². The van der Waals surface area contributed by atoms with Crippen LogP contribution >= 0.6 is 0 Å². The van der Waals surface area contributed by atoms with Gasteiger partial charge in [0.25, 0.3) is 5.91 Å². The summed E-state index contributed by atoms with van der Waals surface area (Å²) < 4.78 is 49.9. The first kappa shape index (κ1) is 37.0. The minimum Gasteiger partial charge on any atom is -0.467 e. The molecule has 2 atom stereocenters. The summed E-state index contributed by atoms with van der Waals surface area (Å²) in [5, 5.41) is 8.76. The number of nitrogens with zero attached hydrogens (tertiary/aromatic N) is 1. The van der Waals surface area contributed by atoms with Gasteiger partial charge in [0.1, 0.15) is 11.4 Å². The number of carbonyl (C=O) groups is 3. The van der Waals surface area contributed by atoms with Gasteiger partial charge in [-0.25, -0.2) is 22.4 Å². The third-order valence-corrected chi connectivity index (χ3v) is 8.45. The highest BCUT2D eigenvalue weighted by molar-refractivity contribution is 7.92. The Morgan fingerprint density at radius 2 is 1.60 bits per heavy atom. The molecule has 0 fully saturated rings. The van der Waals surface area contributed by atoms with E-state index in [0.717, 1.165) is 16.1 Å². The second-order valence-electron chi connectivity index (χ2n) is 12.3. The summed E-state index contributed by atoms with van der Waals surface area (Å²) >= 11 is 0. The number of halogens is 1. The first-order valence-corrected chi connectivity index (χ1v) is 16.8. The van der Waals surface area contributed by atoms with Crippen LogP contribution in [-0.4, -0.2) is 64.5 Å². The van der Waals surface area contributed by atoms with Crippen LogP contribution in [0.2, 0.25) is 0 Å². The molecule has 1 unspecified atom stereocenters. The number of alkyl carbamates (subject to hydrolysis) is 1. The Morgan fingerprint density at radius 1 is 0.957 bits per heavy atom. The molecule has 0 radical (unpaired) electrons. The molecule has 3 aromatic rings. The van der Waals surface area contributed by atoms with Crippen molar-refractivity contribution in [3.05, 3.63) is 101 Å². The Kier molecular flexibility index (Phi) is 12.1. The highest BCUT2D eigenvalue weighted by atomic mass is 32.2. The lowest BCUT2D eigenvalue weighted by Crippen LogP contribution is -2.62. The molecule has 0 saturated carbocycles. The number of rotatable bonds is 13. The van der Waals surface area contributed by atoms with E-state index in [9.17, 15) is 27.2 Å². The van der Waals surface area contributed by atoms with Gasteiger partial charge in [0.15, 0.2) is 5.54 Å². The average Bonchev–Trinajstić information content (AvgIpc) is 2.99. The zero-order valence-electron chi connectivity index (χ0n) is 27.7. The first-order valence-electron chi connectivity index (χ1n) is 14.9. The molecule has 0 spiro atoms. The molecule has 0 aliphatic carbocycles. The van der Waals surface area contributed by atoms with Gasteiger partial charge in [0.05, 0.1) is 25.1 Å². The van der Waals surface area contributed by atoms with Crippen LogP contribution in [0, 0.1) is 5.82 Å². The predicted molar refractivity (Wildman–Crippen MR) is 178 cm³/mol. The van der Waals surface area contributed by atoms with Gasteiger partial charge in [0.2, 0.25) is 10.0 Å². The number of ether oxygens (including phenoxy) is 2. The third-order valence-electron chi connectivity index (χ3n) is 7.24. The predicted octanol–water partition coefficient (Wildman–Crippen LogP) is 4.48. The number of methoxy groups -OCH3 is 1. The van der Waals surface area contributed by atoms with Gasteiger partial charge in [-0.2, -0.15) is 0 Å². The largest absolute Gasteiger partial charge is 0.467 e. The van der Waals surface area contributed by atoms with E-state index in [-0.39, 0.29) is 30.8 Å². The number of sulfonamides is 1. The summed E-state index contributed by atoms with van der Waals surface area (Å²) in [5.74, 6) is -1.59. The number of esters is 1. The SMILES string of the molecule is COC(=O)[C@](CNCc1cc(C(=O)NC(C)c2ccc(F)cc2)cc(N(C)S(C)(=O)=O)c1)(Cc1ccccc1)NC(=O)OC(C)(C)C. The zero-order valence-corrected chi connectivity index (χ0v) is 28.5. The highest BCUT2D eigenvalue weighted by Gasteiger charge is 2.42. The maximum atomic E-state index is 13.4. The Hall–Kier alpha value is -4.49. The van der Waals surface area contributed by atoms with Crippen LogP contribution in [0.4, 0.5) is 14.9 Å². The average molecular weight is 671 g/mol. The number of hydrogen-bond acceptors (Lipinski definition) is 8. The highest BCUT2D eigenvalue weighted by Crippen LogP contribution is 2.23. The van der Waals surface area contributed by atoms with E-state index < -0.39 is 51.0 Å². The first-order chi connectivity index (χ1) is 21.9. The fourth-order valence-electron chi connectivity index (χ4n) is 4.80. The second-order valence-corrected chi connectivity index (χ2v) is 14.3. The van der Waals surface area contributed by atoms with Crippen molar-refractivity contribution in [3.63, 3.8) is 0 Å². The molecular formula is C34H43FN4O7S. The third kappa shape index (κ3) is 10.8. The molecule has 0 aliphatic heterocycles. The van der Waals surface area contributed by atoms with E-state index in [1.54, 1.807) is 52.0 Å². The molecule has 47 heavy (non-hydrogen) atoms. The lowest BCUT2D eigenvalue weighted by Gasteiger charge is -2.33. The molecule has 3 N–H and O–H groups in total. The molecule has 11 nitrogen and oxygen atoms in total. The molecule has 3 aromatic carbocycles. The van der Waals surface area contributed by atoms with Crippen LogP contribution in [-0.2, 0) is 37.3 Å². The Labute approximate surface area is 275 Å². The molecule has 13 heteroatoms. The van der Waals surface area contributed by atoms with Gasteiger partial charge in [-0.1, -0.05) is 42.5 Å². The Balaban J connectivity index is 1.94. The van der Waals surface area contributed by atoms with E-state index in [0.29, 0.717) is 11.1 Å². The molecule has 0 aliphatic rings. The van der Waals surface area contributed by atoms with Crippen molar-refractivity contribution in [3.8, 4) is 0 Å². The lowest BCUT2D eigenvalue weighted by atomic mass is 9.90. The van der Waals surface area contributed by atoms with Crippen LogP contribution in [0.1, 0.15) is 60.8 Å². The molecule has 3 rings (SSSR count). The fourth-order valence-corrected chi connectivity index (χ4v) is 5.29. The summed E-state index contributed by atoms with van der Waals surface area (Å²) in [6.45, 7) is 6.83. The summed E-state index contributed by atoms with van der Waals surface area (Å²) in [4.78, 5) is 39.7. The topological polar surface area (TPSA) is 143 Å². The normalized spacial score (nSPS) is 13.5. The van der Waals surface area contributed by atoms with Crippen molar-refractivity contribution >= 4 is 33.7 Å². The minimum absolute atomic E-state index is 0.0680. The summed E-state index contributed by atoms with van der Waals surface area (Å²) in [7, 11) is -1.09. The van der Waals surface area contributed by atoms with Crippen LogP contribution in [0.15, 0.2) is 72.8 Å². The van der Waals surface area contributed by atoms with E-state index in [2.05, 4.69) is 16.0 Å². The summed E-state index contributed by atoms with van der Waals surface area (Å²) in [6, 6.07) is 19.0. The maximum Gasteiger partial charge on any atom is 0.408 e. The van der Waals surface area contributed by atoms with Crippen molar-refractivity contribution in [2.24, 2.45) is 0 Å². The van der Waals surface area contributed by atoms with Gasteiger partial charge < -0.3 is 25.4 Å². The Bertz CT molecular complexity index is 1660. The number of carbonyl (C=O) groups excluding carboxylic acids is 3. The van der Waals surface area contributed by atoms with E-state index in [4.69, 9.17) is 9.47 Å². The molecule has 254 valence electrons. The van der Waals surface area contributed by atoms with Gasteiger partial charge in [-0.3, -0.25) is 9.10 Å². The van der Waals surface area contributed by atoms with E-state index in [1.807, 2.05) is 30.3 Å². The Morgan fingerprint density at radius 3 is 2.17 bits per heavy atom. The van der Waals surface area contributed by atoms with Crippen LogP contribution in [0.5, 0.6) is 0 Å². The number of amides is 2. The molecule has 0 bridgehead atoms. The smallest absolute Gasteiger partial charge is 0.408 e. The van der Waals surface area contributed by atoms with Crippen molar-refractivity contribution in [1.82, 2.24) is 16.0 Å². The number of nitrogens with one attached hydrogen (secondary N) is 3. The number of hydrogen-bond donors (Lipinski definition) is 3. The molecule has 2 amide bonds. The standard InChI is InChI=1S/C34H43FN4O7S/c1-23(26-13-15-28(35)16-14-26)37-30(40)27-17-25(18-29(19-27)39(5)47(7,43)44)21-36-22-34(31(41)45-6,20-24-11-9-8-10-12-24)38-32(42)46-33(2,3)4/h8-19,23,36H,20-22H2,1-7H3,(H,37,40)(H,38,42)/t23?,34-/m1/s1. The van der Waals surface area contributed by atoms with Gasteiger partial charge in [-0.05, 0) is 74.7 Å².